The Kier molecular flexibility index (Phi) is 7.85. The molecule has 1 rings (SSSR count). The monoisotopic (exact) mass is 217 g/mol. The Bertz CT molecular complexity index is 164. The van der Waals surface area contributed by atoms with E-state index in [0.717, 1.165) is 4.90 Å². The summed E-state index contributed by atoms with van der Waals surface area (Å²) in [6, 6.07) is 0. The molecule has 0 unspecified atom stereocenters. The van der Waals surface area contributed by atoms with E-state index in [4.69, 9.17) is 5.11 Å². The minimum atomic E-state index is -1.13. The first-order valence-corrected chi connectivity index (χ1v) is 2.75. The van der Waals surface area contributed by atoms with E-state index in [9.17, 15) is 9.59 Å². The third-order valence-electron chi connectivity index (χ3n) is 1.30. The average molecular weight is 219 g/mol. The van der Waals surface area contributed by atoms with Gasteiger partial charge in [0.1, 0.15) is 0 Å². The van der Waals surface area contributed by atoms with Crippen LogP contribution in [-0.2, 0) is 24.3 Å². The molecule has 0 aromatic rings. The number of rotatable bonds is 0. The van der Waals surface area contributed by atoms with Crippen LogP contribution in [0.3, 0.4) is 0 Å². The summed E-state index contributed by atoms with van der Waals surface area (Å²) in [5.74, 6) is -0.275. The summed E-state index contributed by atoms with van der Waals surface area (Å²) in [7, 11) is 0. The molecule has 0 bridgehead atoms. The van der Waals surface area contributed by atoms with E-state index in [2.05, 4.69) is 0 Å². The summed E-state index contributed by atoms with van der Waals surface area (Å²) in [6.07, 6.45) is -0.0743. The SMILES string of the molecule is O=C(O)N1CCCC1=O.[NaH].[Zn]. The molecule has 1 aliphatic heterocycles. The zero-order valence-electron chi connectivity index (χ0n) is 5.54. The predicted molar refractivity (Wildman–Crippen MR) is 36.1 cm³/mol. The number of likely N-dealkylation sites (tertiary alicyclic amines) is 1. The molecule has 2 amide bonds. The van der Waals surface area contributed by atoms with Crippen molar-refractivity contribution in [3.05, 3.63) is 0 Å². The van der Waals surface area contributed by atoms with Gasteiger partial charge in [-0.25, -0.2) is 9.69 Å². The number of imide groups is 1. The maximum absolute atomic E-state index is 10.6. The topological polar surface area (TPSA) is 57.6 Å². The molecule has 0 saturated carbocycles. The Morgan fingerprint density at radius 3 is 2.27 bits per heavy atom. The van der Waals surface area contributed by atoms with Gasteiger partial charge in [0.15, 0.2) is 0 Å². The standard InChI is InChI=1S/C5H7NO3.Na.Zn.H/c7-4-2-1-3-6(4)5(8)9;;;/h1-3H2,(H,8,9);;;. The van der Waals surface area contributed by atoms with Gasteiger partial charge >= 0.3 is 35.7 Å². The van der Waals surface area contributed by atoms with Crippen LogP contribution in [0.4, 0.5) is 4.79 Å². The molecule has 54 valence electrons. The van der Waals surface area contributed by atoms with Gasteiger partial charge in [-0.15, -0.1) is 0 Å². The van der Waals surface area contributed by atoms with Crippen molar-refractivity contribution in [3.63, 3.8) is 0 Å². The molecule has 1 N–H and O–H groups in total. The molecule has 1 heterocycles. The minimum absolute atomic E-state index is 0. The quantitative estimate of drug-likeness (QED) is 0.565. The van der Waals surface area contributed by atoms with Crippen molar-refractivity contribution in [1.29, 1.82) is 0 Å². The van der Waals surface area contributed by atoms with Gasteiger partial charge in [-0.2, -0.15) is 0 Å². The van der Waals surface area contributed by atoms with Gasteiger partial charge in [-0.05, 0) is 6.42 Å². The summed E-state index contributed by atoms with van der Waals surface area (Å²) < 4.78 is 0. The molecule has 0 atom stereocenters. The molecule has 0 radical (unpaired) electrons. The number of hydrogen-bond acceptors (Lipinski definition) is 2. The molecule has 11 heavy (non-hydrogen) atoms. The fourth-order valence-electron chi connectivity index (χ4n) is 0.850. The Morgan fingerprint density at radius 2 is 2.09 bits per heavy atom. The molecule has 1 aliphatic rings. The van der Waals surface area contributed by atoms with E-state index in [0.29, 0.717) is 19.4 Å². The minimum Gasteiger partial charge on any atom is 0 e. The summed E-state index contributed by atoms with van der Waals surface area (Å²) in [5, 5.41) is 8.29. The first kappa shape index (κ1) is 14.1. The second-order valence-electron chi connectivity index (χ2n) is 1.93. The van der Waals surface area contributed by atoms with E-state index in [1.54, 1.807) is 0 Å². The van der Waals surface area contributed by atoms with Crippen LogP contribution >= 0.6 is 0 Å². The molecule has 0 aliphatic carbocycles. The molecular formula is C5H8NNaO3Zn. The molecule has 6 heteroatoms. The molecule has 0 aromatic carbocycles. The first-order valence-electron chi connectivity index (χ1n) is 2.75. The number of amides is 2. The van der Waals surface area contributed by atoms with Crippen LogP contribution in [0.15, 0.2) is 0 Å². The number of hydrogen-bond donors (Lipinski definition) is 1. The fraction of sp³-hybridized carbons (Fsp3) is 0.600. The van der Waals surface area contributed by atoms with Crippen molar-refractivity contribution in [2.75, 3.05) is 6.54 Å². The van der Waals surface area contributed by atoms with Crippen molar-refractivity contribution in [2.24, 2.45) is 0 Å². The third-order valence-corrected chi connectivity index (χ3v) is 1.30. The number of carboxylic acid groups (broad SMARTS) is 1. The summed E-state index contributed by atoms with van der Waals surface area (Å²) in [5.41, 5.74) is 0. The Labute approximate surface area is 99.4 Å². The number of carbonyl (C=O) groups excluding carboxylic acids is 1. The van der Waals surface area contributed by atoms with E-state index >= 15 is 0 Å². The van der Waals surface area contributed by atoms with Crippen LogP contribution in [-0.4, -0.2) is 58.1 Å². The third kappa shape index (κ3) is 3.65. The van der Waals surface area contributed by atoms with Gasteiger partial charge in [-0.1, -0.05) is 0 Å². The second kappa shape index (κ2) is 6.12. The van der Waals surface area contributed by atoms with Gasteiger partial charge in [0.2, 0.25) is 5.91 Å². The van der Waals surface area contributed by atoms with E-state index in [-0.39, 0.29) is 54.9 Å². The summed E-state index contributed by atoms with van der Waals surface area (Å²) >= 11 is 0. The van der Waals surface area contributed by atoms with Gasteiger partial charge < -0.3 is 5.11 Å². The van der Waals surface area contributed by atoms with Gasteiger partial charge in [-0.3, -0.25) is 4.79 Å². The maximum atomic E-state index is 10.6. The van der Waals surface area contributed by atoms with Crippen molar-refractivity contribution < 1.29 is 34.2 Å². The smallest absolute Gasteiger partial charge is 0 e. The normalized spacial score (nSPS) is 15.3. The molecule has 0 aromatic heterocycles. The molecule has 4 nitrogen and oxygen atoms in total. The fourth-order valence-corrected chi connectivity index (χ4v) is 0.850. The number of carbonyl (C=O) groups is 2. The molecule has 1 fully saturated rings. The largest absolute Gasteiger partial charge is 0 e. The Balaban J connectivity index is 0. The molecule has 0 spiro atoms. The van der Waals surface area contributed by atoms with E-state index < -0.39 is 6.09 Å². The van der Waals surface area contributed by atoms with Crippen LogP contribution < -0.4 is 0 Å². The van der Waals surface area contributed by atoms with Crippen LogP contribution in [0.25, 0.3) is 0 Å². The van der Waals surface area contributed by atoms with Gasteiger partial charge in [0.25, 0.3) is 0 Å². The zero-order chi connectivity index (χ0) is 6.85. The summed E-state index contributed by atoms with van der Waals surface area (Å²) in [4.78, 5) is 21.5. The predicted octanol–water partition coefficient (Wildman–Crippen LogP) is -0.364. The van der Waals surface area contributed by atoms with E-state index in [1.165, 1.54) is 0 Å². The zero-order valence-corrected chi connectivity index (χ0v) is 8.51. The first-order chi connectivity index (χ1) is 4.22. The van der Waals surface area contributed by atoms with Gasteiger partial charge in [0, 0.05) is 32.4 Å². The van der Waals surface area contributed by atoms with E-state index in [1.807, 2.05) is 0 Å². The molecule has 1 saturated heterocycles. The van der Waals surface area contributed by atoms with Gasteiger partial charge in [0.05, 0.1) is 0 Å². The summed E-state index contributed by atoms with van der Waals surface area (Å²) in [6.45, 7) is 0.369. The molecular weight excluding hydrogens is 210 g/mol. The van der Waals surface area contributed by atoms with Crippen molar-refractivity contribution in [3.8, 4) is 0 Å². The van der Waals surface area contributed by atoms with Crippen molar-refractivity contribution >= 4 is 41.6 Å². The average Bonchev–Trinajstić information content (AvgIpc) is 2.13. The van der Waals surface area contributed by atoms with Crippen LogP contribution in [0.2, 0.25) is 0 Å². The Morgan fingerprint density at radius 1 is 1.55 bits per heavy atom. The van der Waals surface area contributed by atoms with Crippen LogP contribution in [0.1, 0.15) is 12.8 Å². The van der Waals surface area contributed by atoms with Crippen molar-refractivity contribution in [2.45, 2.75) is 12.8 Å². The Hall–Kier alpha value is 0.563. The van der Waals surface area contributed by atoms with Crippen LogP contribution in [0, 0.1) is 0 Å². The second-order valence-corrected chi connectivity index (χ2v) is 1.93. The van der Waals surface area contributed by atoms with Crippen molar-refractivity contribution in [1.82, 2.24) is 4.90 Å². The maximum Gasteiger partial charge on any atom is 0 e. The number of nitrogens with zero attached hydrogens (tertiary/aromatic N) is 1. The van der Waals surface area contributed by atoms with Crippen LogP contribution in [0.5, 0.6) is 0 Å².